The maximum atomic E-state index is 11.5. The van der Waals surface area contributed by atoms with E-state index in [1.807, 2.05) is 25.1 Å². The van der Waals surface area contributed by atoms with Gasteiger partial charge in [0, 0.05) is 5.33 Å². The zero-order valence-electron chi connectivity index (χ0n) is 8.53. The van der Waals surface area contributed by atoms with Gasteiger partial charge >= 0.3 is 0 Å². The zero-order chi connectivity index (χ0) is 11.3. The highest BCUT2D eigenvalue weighted by Gasteiger charge is 2.10. The molecule has 0 unspecified atom stereocenters. The predicted octanol–water partition coefficient (Wildman–Crippen LogP) is 2.73. The average Bonchev–Trinajstić information content (AvgIpc) is 2.17. The highest BCUT2D eigenvalue weighted by Crippen LogP contribution is 2.19. The van der Waals surface area contributed by atoms with Crippen molar-refractivity contribution >= 4 is 31.6 Å². The minimum absolute atomic E-state index is 0.156. The fourth-order valence-corrected chi connectivity index (χ4v) is 2.89. The SMILES string of the molecule is CCCS(=O)(=O)Nc1ccccc1CBr. The summed E-state index contributed by atoms with van der Waals surface area (Å²) in [6.07, 6.45) is 0.617. The van der Waals surface area contributed by atoms with Crippen LogP contribution in [-0.2, 0) is 15.4 Å². The molecule has 1 N–H and O–H groups in total. The van der Waals surface area contributed by atoms with Crippen LogP contribution in [0.1, 0.15) is 18.9 Å². The summed E-state index contributed by atoms with van der Waals surface area (Å²) in [5, 5.41) is 0.637. The van der Waals surface area contributed by atoms with Crippen molar-refractivity contribution in [1.82, 2.24) is 0 Å². The van der Waals surface area contributed by atoms with Crippen LogP contribution in [0.4, 0.5) is 5.69 Å². The van der Waals surface area contributed by atoms with Crippen LogP contribution in [0.25, 0.3) is 0 Å². The van der Waals surface area contributed by atoms with Crippen molar-refractivity contribution in [2.75, 3.05) is 10.5 Å². The van der Waals surface area contributed by atoms with Crippen molar-refractivity contribution in [2.24, 2.45) is 0 Å². The van der Waals surface area contributed by atoms with E-state index in [0.717, 1.165) is 5.56 Å². The average molecular weight is 292 g/mol. The summed E-state index contributed by atoms with van der Waals surface area (Å²) in [5.41, 5.74) is 1.60. The number of para-hydroxylation sites is 1. The quantitative estimate of drug-likeness (QED) is 0.848. The van der Waals surface area contributed by atoms with Crippen molar-refractivity contribution in [2.45, 2.75) is 18.7 Å². The molecule has 1 aromatic rings. The molecule has 0 atom stereocenters. The normalized spacial score (nSPS) is 11.3. The van der Waals surface area contributed by atoms with E-state index in [4.69, 9.17) is 0 Å². The molecule has 0 aliphatic carbocycles. The summed E-state index contributed by atoms with van der Waals surface area (Å²) in [6, 6.07) is 7.35. The number of hydrogen-bond donors (Lipinski definition) is 1. The summed E-state index contributed by atoms with van der Waals surface area (Å²) >= 11 is 3.32. The Morgan fingerprint density at radius 1 is 1.33 bits per heavy atom. The summed E-state index contributed by atoms with van der Waals surface area (Å²) in [7, 11) is -3.19. The Bertz CT molecular complexity index is 417. The molecule has 1 aromatic carbocycles. The maximum absolute atomic E-state index is 11.5. The fraction of sp³-hybridized carbons (Fsp3) is 0.400. The Hall–Kier alpha value is -0.550. The lowest BCUT2D eigenvalue weighted by atomic mass is 10.2. The van der Waals surface area contributed by atoms with Crippen molar-refractivity contribution in [3.05, 3.63) is 29.8 Å². The summed E-state index contributed by atoms with van der Waals surface area (Å²) in [5.74, 6) is 0.156. The second kappa shape index (κ2) is 5.51. The third-order valence-corrected chi connectivity index (χ3v) is 3.98. The van der Waals surface area contributed by atoms with E-state index in [1.165, 1.54) is 0 Å². The molecule has 0 heterocycles. The van der Waals surface area contributed by atoms with Crippen LogP contribution in [-0.4, -0.2) is 14.2 Å². The minimum Gasteiger partial charge on any atom is -0.283 e. The topological polar surface area (TPSA) is 46.2 Å². The lowest BCUT2D eigenvalue weighted by Crippen LogP contribution is -2.16. The van der Waals surface area contributed by atoms with Crippen molar-refractivity contribution in [1.29, 1.82) is 0 Å². The van der Waals surface area contributed by atoms with Crippen molar-refractivity contribution < 1.29 is 8.42 Å². The molecule has 0 saturated heterocycles. The van der Waals surface area contributed by atoms with Gasteiger partial charge in [-0.05, 0) is 18.1 Å². The second-order valence-electron chi connectivity index (χ2n) is 3.21. The largest absolute Gasteiger partial charge is 0.283 e. The molecule has 0 amide bonds. The van der Waals surface area contributed by atoms with Crippen LogP contribution in [0.3, 0.4) is 0 Å². The van der Waals surface area contributed by atoms with E-state index >= 15 is 0 Å². The molecule has 3 nitrogen and oxygen atoms in total. The first kappa shape index (κ1) is 12.5. The zero-order valence-corrected chi connectivity index (χ0v) is 10.9. The predicted molar refractivity (Wildman–Crippen MR) is 66.8 cm³/mol. The van der Waals surface area contributed by atoms with Crippen LogP contribution in [0.15, 0.2) is 24.3 Å². The summed E-state index contributed by atoms with van der Waals surface area (Å²) < 4.78 is 25.7. The first-order valence-electron chi connectivity index (χ1n) is 4.73. The van der Waals surface area contributed by atoms with E-state index in [2.05, 4.69) is 20.7 Å². The van der Waals surface area contributed by atoms with Gasteiger partial charge in [-0.3, -0.25) is 4.72 Å². The Morgan fingerprint density at radius 2 is 2.00 bits per heavy atom. The highest BCUT2D eigenvalue weighted by molar-refractivity contribution is 9.08. The van der Waals surface area contributed by atoms with Crippen LogP contribution in [0.5, 0.6) is 0 Å². The van der Waals surface area contributed by atoms with E-state index in [-0.39, 0.29) is 5.75 Å². The number of rotatable bonds is 5. The van der Waals surface area contributed by atoms with E-state index in [9.17, 15) is 8.42 Å². The molecule has 0 radical (unpaired) electrons. The molecule has 0 aromatic heterocycles. The molecular weight excluding hydrogens is 278 g/mol. The minimum atomic E-state index is -3.19. The first-order valence-corrected chi connectivity index (χ1v) is 7.51. The summed E-state index contributed by atoms with van der Waals surface area (Å²) in [4.78, 5) is 0. The molecule has 15 heavy (non-hydrogen) atoms. The number of anilines is 1. The molecule has 0 bridgehead atoms. The number of halogens is 1. The molecule has 0 saturated carbocycles. The van der Waals surface area contributed by atoms with Gasteiger partial charge in [0.05, 0.1) is 11.4 Å². The first-order chi connectivity index (χ1) is 7.09. The number of nitrogens with one attached hydrogen (secondary N) is 1. The van der Waals surface area contributed by atoms with Crippen LogP contribution in [0.2, 0.25) is 0 Å². The van der Waals surface area contributed by atoms with Gasteiger partial charge in [0.25, 0.3) is 0 Å². The second-order valence-corrected chi connectivity index (χ2v) is 5.61. The Morgan fingerprint density at radius 3 is 2.60 bits per heavy atom. The van der Waals surface area contributed by atoms with Crippen molar-refractivity contribution in [3.63, 3.8) is 0 Å². The molecule has 84 valence electrons. The number of benzene rings is 1. The van der Waals surface area contributed by atoms with Gasteiger partial charge in [0.15, 0.2) is 0 Å². The van der Waals surface area contributed by atoms with Gasteiger partial charge in [-0.2, -0.15) is 0 Å². The number of alkyl halides is 1. The van der Waals surface area contributed by atoms with Gasteiger partial charge in [-0.15, -0.1) is 0 Å². The smallest absolute Gasteiger partial charge is 0.232 e. The van der Waals surface area contributed by atoms with Crippen LogP contribution < -0.4 is 4.72 Å². The van der Waals surface area contributed by atoms with Crippen LogP contribution >= 0.6 is 15.9 Å². The molecule has 0 aliphatic rings. The molecular formula is C10H14BrNO2S. The van der Waals surface area contributed by atoms with Gasteiger partial charge in [0.2, 0.25) is 10.0 Å². The van der Waals surface area contributed by atoms with Gasteiger partial charge in [0.1, 0.15) is 0 Å². The lowest BCUT2D eigenvalue weighted by Gasteiger charge is -2.10. The standard InChI is InChI=1S/C10H14BrNO2S/c1-2-7-15(13,14)12-10-6-4-3-5-9(10)8-11/h3-6,12H,2,7-8H2,1H3. The Balaban J connectivity index is 2.89. The van der Waals surface area contributed by atoms with E-state index < -0.39 is 10.0 Å². The Kier molecular flexibility index (Phi) is 4.60. The molecule has 5 heteroatoms. The van der Waals surface area contributed by atoms with Gasteiger partial charge < -0.3 is 0 Å². The maximum Gasteiger partial charge on any atom is 0.232 e. The van der Waals surface area contributed by atoms with Gasteiger partial charge in [-0.25, -0.2) is 8.42 Å². The third kappa shape index (κ3) is 3.83. The van der Waals surface area contributed by atoms with Crippen LogP contribution in [0, 0.1) is 0 Å². The number of sulfonamides is 1. The van der Waals surface area contributed by atoms with Gasteiger partial charge in [-0.1, -0.05) is 41.1 Å². The molecule has 0 fully saturated rings. The van der Waals surface area contributed by atoms with Crippen molar-refractivity contribution in [3.8, 4) is 0 Å². The molecule has 1 rings (SSSR count). The number of hydrogen-bond acceptors (Lipinski definition) is 2. The third-order valence-electron chi connectivity index (χ3n) is 1.90. The van der Waals surface area contributed by atoms with E-state index in [1.54, 1.807) is 6.07 Å². The lowest BCUT2D eigenvalue weighted by molar-refractivity contribution is 0.600. The highest BCUT2D eigenvalue weighted by atomic mass is 79.9. The molecule has 0 spiro atoms. The van der Waals surface area contributed by atoms with E-state index in [0.29, 0.717) is 17.4 Å². The molecule has 0 aliphatic heterocycles. The summed E-state index contributed by atoms with van der Waals surface area (Å²) in [6.45, 7) is 1.84. The Labute approximate surface area is 99.1 Å². The monoisotopic (exact) mass is 291 g/mol. The fourth-order valence-electron chi connectivity index (χ4n) is 1.22.